The lowest BCUT2D eigenvalue weighted by atomic mass is 10.3. The van der Waals surface area contributed by atoms with Crippen LogP contribution in [0.25, 0.3) is 0 Å². The Hall–Kier alpha value is -1.53. The molecule has 1 aromatic rings. The van der Waals surface area contributed by atoms with Crippen molar-refractivity contribution < 1.29 is 14.3 Å². The SMILES string of the molecule is O=C(OCCN1CCOCC1)c1cncnc1. The standard InChI is InChI=1S/C11H15N3O3/c15-11(10-7-12-9-13-8-10)17-6-3-14-1-4-16-5-2-14/h7-9H,1-6H2. The van der Waals surface area contributed by atoms with Gasteiger partial charge in [-0.05, 0) is 0 Å². The second kappa shape index (κ2) is 6.27. The summed E-state index contributed by atoms with van der Waals surface area (Å²) in [6, 6.07) is 0. The van der Waals surface area contributed by atoms with E-state index in [1.54, 1.807) is 0 Å². The summed E-state index contributed by atoms with van der Waals surface area (Å²) >= 11 is 0. The maximum atomic E-state index is 11.5. The monoisotopic (exact) mass is 237 g/mol. The molecule has 6 heteroatoms. The molecule has 1 aliphatic heterocycles. The highest BCUT2D eigenvalue weighted by molar-refractivity contribution is 5.88. The van der Waals surface area contributed by atoms with E-state index in [4.69, 9.17) is 9.47 Å². The second-order valence-corrected chi connectivity index (χ2v) is 3.72. The van der Waals surface area contributed by atoms with Crippen molar-refractivity contribution in [3.63, 3.8) is 0 Å². The van der Waals surface area contributed by atoms with Gasteiger partial charge in [0.15, 0.2) is 0 Å². The van der Waals surface area contributed by atoms with Gasteiger partial charge in [0.1, 0.15) is 12.9 Å². The maximum absolute atomic E-state index is 11.5. The van der Waals surface area contributed by atoms with Crippen LogP contribution < -0.4 is 0 Å². The number of carbonyl (C=O) groups excluding carboxylic acids is 1. The van der Waals surface area contributed by atoms with Gasteiger partial charge in [-0.3, -0.25) is 4.90 Å². The summed E-state index contributed by atoms with van der Waals surface area (Å²) in [5.74, 6) is -0.376. The van der Waals surface area contributed by atoms with E-state index in [0.29, 0.717) is 12.2 Å². The first-order valence-corrected chi connectivity index (χ1v) is 5.58. The van der Waals surface area contributed by atoms with Gasteiger partial charge in [0.25, 0.3) is 0 Å². The summed E-state index contributed by atoms with van der Waals surface area (Å²) in [6.45, 7) is 4.41. The molecule has 1 saturated heterocycles. The fourth-order valence-electron chi connectivity index (χ4n) is 1.58. The maximum Gasteiger partial charge on any atom is 0.341 e. The topological polar surface area (TPSA) is 64.5 Å². The number of nitrogens with zero attached hydrogens (tertiary/aromatic N) is 3. The lowest BCUT2D eigenvalue weighted by molar-refractivity contribution is 0.0195. The number of hydrogen-bond donors (Lipinski definition) is 0. The van der Waals surface area contributed by atoms with Crippen LogP contribution in [0.5, 0.6) is 0 Å². The van der Waals surface area contributed by atoms with Gasteiger partial charge < -0.3 is 9.47 Å². The molecule has 0 N–H and O–H groups in total. The van der Waals surface area contributed by atoms with E-state index in [2.05, 4.69) is 14.9 Å². The Labute approximate surface area is 99.6 Å². The first-order chi connectivity index (χ1) is 8.36. The van der Waals surface area contributed by atoms with Crippen molar-refractivity contribution in [1.29, 1.82) is 0 Å². The predicted molar refractivity (Wildman–Crippen MR) is 59.6 cm³/mol. The number of rotatable bonds is 4. The molecule has 92 valence electrons. The zero-order chi connectivity index (χ0) is 11.9. The van der Waals surface area contributed by atoms with Gasteiger partial charge in [0, 0.05) is 32.0 Å². The minimum absolute atomic E-state index is 0.376. The summed E-state index contributed by atoms with van der Waals surface area (Å²) in [6.07, 6.45) is 4.28. The molecule has 0 spiro atoms. The number of morpholine rings is 1. The Morgan fingerprint density at radius 3 is 2.76 bits per heavy atom. The van der Waals surface area contributed by atoms with Crippen molar-refractivity contribution >= 4 is 5.97 Å². The lowest BCUT2D eigenvalue weighted by Gasteiger charge is -2.26. The lowest BCUT2D eigenvalue weighted by Crippen LogP contribution is -2.38. The molecular formula is C11H15N3O3. The van der Waals surface area contributed by atoms with E-state index < -0.39 is 0 Å². The van der Waals surface area contributed by atoms with E-state index in [1.165, 1.54) is 18.7 Å². The molecule has 2 rings (SSSR count). The van der Waals surface area contributed by atoms with Gasteiger partial charge in [-0.2, -0.15) is 0 Å². The van der Waals surface area contributed by atoms with Gasteiger partial charge in [0.05, 0.1) is 18.8 Å². The molecule has 17 heavy (non-hydrogen) atoms. The molecule has 0 atom stereocenters. The third-order valence-electron chi connectivity index (χ3n) is 2.54. The van der Waals surface area contributed by atoms with Crippen molar-refractivity contribution in [2.24, 2.45) is 0 Å². The Kier molecular flexibility index (Phi) is 4.40. The molecule has 2 heterocycles. The second-order valence-electron chi connectivity index (χ2n) is 3.72. The summed E-state index contributed by atoms with van der Waals surface area (Å²) < 4.78 is 10.4. The molecule has 1 aromatic heterocycles. The quantitative estimate of drug-likeness (QED) is 0.685. The van der Waals surface area contributed by atoms with Crippen LogP contribution in [0, 0.1) is 0 Å². The average molecular weight is 237 g/mol. The van der Waals surface area contributed by atoms with Gasteiger partial charge in [-0.15, -0.1) is 0 Å². The molecule has 1 aliphatic rings. The van der Waals surface area contributed by atoms with Crippen LogP contribution in [0.15, 0.2) is 18.7 Å². The highest BCUT2D eigenvalue weighted by Crippen LogP contribution is 1.99. The summed E-state index contributed by atoms with van der Waals surface area (Å²) in [5.41, 5.74) is 0.384. The number of ether oxygens (including phenoxy) is 2. The Balaban J connectivity index is 1.69. The normalized spacial score (nSPS) is 16.7. The summed E-state index contributed by atoms with van der Waals surface area (Å²) in [7, 11) is 0. The first kappa shape index (κ1) is 11.9. The largest absolute Gasteiger partial charge is 0.461 e. The highest BCUT2D eigenvalue weighted by atomic mass is 16.5. The minimum atomic E-state index is -0.376. The minimum Gasteiger partial charge on any atom is -0.461 e. The fourth-order valence-corrected chi connectivity index (χ4v) is 1.58. The van der Waals surface area contributed by atoms with Gasteiger partial charge >= 0.3 is 5.97 Å². The molecule has 0 unspecified atom stereocenters. The summed E-state index contributed by atoms with van der Waals surface area (Å²) in [4.78, 5) is 21.3. The van der Waals surface area contributed by atoms with Crippen LogP contribution >= 0.6 is 0 Å². The number of esters is 1. The van der Waals surface area contributed by atoms with E-state index >= 15 is 0 Å². The third kappa shape index (κ3) is 3.76. The smallest absolute Gasteiger partial charge is 0.341 e. The van der Waals surface area contributed by atoms with Gasteiger partial charge in [0.2, 0.25) is 0 Å². The van der Waals surface area contributed by atoms with Gasteiger partial charge in [-0.25, -0.2) is 14.8 Å². The molecule has 0 saturated carbocycles. The van der Waals surface area contributed by atoms with Crippen molar-refractivity contribution in [3.8, 4) is 0 Å². The molecular weight excluding hydrogens is 222 g/mol. The Bertz CT molecular complexity index is 352. The summed E-state index contributed by atoms with van der Waals surface area (Å²) in [5, 5.41) is 0. The molecule has 0 aromatic carbocycles. The van der Waals surface area contributed by atoms with Crippen LogP contribution in [0.1, 0.15) is 10.4 Å². The Morgan fingerprint density at radius 1 is 1.35 bits per heavy atom. The van der Waals surface area contributed by atoms with Crippen molar-refractivity contribution in [3.05, 3.63) is 24.3 Å². The Morgan fingerprint density at radius 2 is 2.06 bits per heavy atom. The van der Waals surface area contributed by atoms with Crippen LogP contribution in [0.3, 0.4) is 0 Å². The molecule has 0 radical (unpaired) electrons. The number of hydrogen-bond acceptors (Lipinski definition) is 6. The van der Waals surface area contributed by atoms with Crippen LogP contribution in [0.2, 0.25) is 0 Å². The van der Waals surface area contributed by atoms with E-state index in [9.17, 15) is 4.79 Å². The molecule has 6 nitrogen and oxygen atoms in total. The van der Waals surface area contributed by atoms with Crippen LogP contribution in [0.4, 0.5) is 0 Å². The first-order valence-electron chi connectivity index (χ1n) is 5.58. The van der Waals surface area contributed by atoms with E-state index in [1.807, 2.05) is 0 Å². The van der Waals surface area contributed by atoms with E-state index in [-0.39, 0.29) is 5.97 Å². The van der Waals surface area contributed by atoms with Crippen molar-refractivity contribution in [2.45, 2.75) is 0 Å². The third-order valence-corrected chi connectivity index (χ3v) is 2.54. The predicted octanol–water partition coefficient (Wildman–Crippen LogP) is -0.0344. The van der Waals surface area contributed by atoms with E-state index in [0.717, 1.165) is 32.8 Å². The van der Waals surface area contributed by atoms with Crippen LogP contribution in [-0.4, -0.2) is 60.3 Å². The zero-order valence-corrected chi connectivity index (χ0v) is 9.54. The zero-order valence-electron chi connectivity index (χ0n) is 9.54. The van der Waals surface area contributed by atoms with Gasteiger partial charge in [-0.1, -0.05) is 0 Å². The number of carbonyl (C=O) groups is 1. The van der Waals surface area contributed by atoms with Crippen molar-refractivity contribution in [2.75, 3.05) is 39.5 Å². The molecule has 0 bridgehead atoms. The van der Waals surface area contributed by atoms with Crippen LogP contribution in [-0.2, 0) is 9.47 Å². The van der Waals surface area contributed by atoms with Crippen molar-refractivity contribution in [1.82, 2.24) is 14.9 Å². The number of aromatic nitrogens is 2. The molecule has 0 amide bonds. The average Bonchev–Trinajstić information content (AvgIpc) is 2.41. The molecule has 0 aliphatic carbocycles. The highest BCUT2D eigenvalue weighted by Gasteiger charge is 2.11. The molecule has 1 fully saturated rings. The fraction of sp³-hybridized carbons (Fsp3) is 0.545.